The Labute approximate surface area is 139 Å². The van der Waals surface area contributed by atoms with Crippen molar-refractivity contribution >= 4 is 31.9 Å². The van der Waals surface area contributed by atoms with Gasteiger partial charge in [-0.3, -0.25) is 0 Å². The van der Waals surface area contributed by atoms with Gasteiger partial charge in [-0.05, 0) is 75.7 Å². The van der Waals surface area contributed by atoms with Crippen molar-refractivity contribution in [3.8, 4) is 5.75 Å². The minimum Gasteiger partial charge on any atom is -0.492 e. The van der Waals surface area contributed by atoms with E-state index in [9.17, 15) is 0 Å². The van der Waals surface area contributed by atoms with Gasteiger partial charge < -0.3 is 10.1 Å². The lowest BCUT2D eigenvalue weighted by Gasteiger charge is -2.18. The van der Waals surface area contributed by atoms with Crippen LogP contribution >= 0.6 is 31.9 Å². The Balaban J connectivity index is 2.61. The molecule has 1 aromatic carbocycles. The van der Waals surface area contributed by atoms with Gasteiger partial charge in [0.15, 0.2) is 0 Å². The van der Waals surface area contributed by atoms with Crippen molar-refractivity contribution in [1.29, 1.82) is 0 Å². The number of halogens is 2. The molecule has 0 bridgehead atoms. The highest BCUT2D eigenvalue weighted by Gasteiger charge is 2.10. The Bertz CT molecular complexity index is 400. The second kappa shape index (κ2) is 9.06. The van der Waals surface area contributed by atoms with Gasteiger partial charge in [-0.25, -0.2) is 0 Å². The summed E-state index contributed by atoms with van der Waals surface area (Å²) in [6, 6.07) is 4.78. The maximum absolute atomic E-state index is 5.60. The lowest BCUT2D eigenvalue weighted by Crippen LogP contribution is -2.27. The van der Waals surface area contributed by atoms with E-state index < -0.39 is 0 Å². The number of nitrogens with one attached hydrogen (secondary N) is 1. The fourth-order valence-corrected chi connectivity index (χ4v) is 3.65. The molecule has 1 rings (SSSR count). The average molecular weight is 407 g/mol. The molecule has 0 aliphatic heterocycles. The topological polar surface area (TPSA) is 21.3 Å². The highest BCUT2D eigenvalue weighted by Crippen LogP contribution is 2.34. The summed E-state index contributed by atoms with van der Waals surface area (Å²) in [5, 5.41) is 3.59. The number of hydrogen-bond donors (Lipinski definition) is 1. The second-order valence-electron chi connectivity index (χ2n) is 5.35. The highest BCUT2D eigenvalue weighted by atomic mass is 79.9. The third-order valence-electron chi connectivity index (χ3n) is 3.45. The largest absolute Gasteiger partial charge is 0.492 e. The smallest absolute Gasteiger partial charge is 0.147 e. The molecule has 0 saturated carbocycles. The quantitative estimate of drug-likeness (QED) is 0.613. The van der Waals surface area contributed by atoms with Crippen molar-refractivity contribution in [3.05, 3.63) is 26.6 Å². The average Bonchev–Trinajstić information content (AvgIpc) is 2.40. The SMILES string of the molecule is CCOc1c(Br)cc(CNC(C)CC(C)CC)cc1Br. The van der Waals surface area contributed by atoms with Gasteiger partial charge >= 0.3 is 0 Å². The molecule has 0 saturated heterocycles. The number of hydrogen-bond acceptors (Lipinski definition) is 2. The molecule has 2 nitrogen and oxygen atoms in total. The lowest BCUT2D eigenvalue weighted by atomic mass is 10.0. The minimum absolute atomic E-state index is 0.536. The summed E-state index contributed by atoms with van der Waals surface area (Å²) >= 11 is 7.15. The number of rotatable bonds is 8. The summed E-state index contributed by atoms with van der Waals surface area (Å²) in [5.41, 5.74) is 1.25. The Hall–Kier alpha value is -0.0600. The van der Waals surface area contributed by atoms with Crippen LogP contribution in [0.4, 0.5) is 0 Å². The molecule has 0 heterocycles. The van der Waals surface area contributed by atoms with Crippen molar-refractivity contribution in [3.63, 3.8) is 0 Å². The predicted octanol–water partition coefficient (Wildman–Crippen LogP) is 5.52. The van der Waals surface area contributed by atoms with Gasteiger partial charge in [-0.15, -0.1) is 0 Å². The molecule has 1 aromatic rings. The fraction of sp³-hybridized carbons (Fsp3) is 0.625. The lowest BCUT2D eigenvalue weighted by molar-refractivity contribution is 0.335. The van der Waals surface area contributed by atoms with E-state index in [1.807, 2.05) is 6.92 Å². The van der Waals surface area contributed by atoms with Crippen LogP contribution in [0.5, 0.6) is 5.75 Å². The zero-order chi connectivity index (χ0) is 15.1. The molecule has 2 atom stereocenters. The molecule has 4 heteroatoms. The van der Waals surface area contributed by atoms with Gasteiger partial charge in [0.2, 0.25) is 0 Å². The van der Waals surface area contributed by atoms with Crippen LogP contribution in [0.2, 0.25) is 0 Å². The molecule has 0 amide bonds. The standard InChI is InChI=1S/C16H25Br2NO/c1-5-11(3)7-12(4)19-10-13-8-14(17)16(20-6-2)15(18)9-13/h8-9,11-12,19H,5-7,10H2,1-4H3. The zero-order valence-corrected chi connectivity index (χ0v) is 16.0. The molecule has 0 aromatic heterocycles. The van der Waals surface area contributed by atoms with Gasteiger partial charge in [0.25, 0.3) is 0 Å². The van der Waals surface area contributed by atoms with Crippen LogP contribution in [-0.2, 0) is 6.54 Å². The van der Waals surface area contributed by atoms with Crippen molar-refractivity contribution < 1.29 is 4.74 Å². The molecule has 0 aliphatic carbocycles. The summed E-state index contributed by atoms with van der Waals surface area (Å²) in [6.45, 7) is 10.3. The van der Waals surface area contributed by atoms with E-state index in [0.29, 0.717) is 12.6 Å². The molecule has 0 fully saturated rings. The molecule has 0 aliphatic rings. The predicted molar refractivity (Wildman–Crippen MR) is 93.4 cm³/mol. The Morgan fingerprint density at radius 1 is 1.15 bits per heavy atom. The van der Waals surface area contributed by atoms with Crippen molar-refractivity contribution in [2.75, 3.05) is 6.61 Å². The van der Waals surface area contributed by atoms with Crippen LogP contribution in [-0.4, -0.2) is 12.6 Å². The first-order chi connectivity index (χ1) is 9.47. The fourth-order valence-electron chi connectivity index (χ4n) is 2.14. The van der Waals surface area contributed by atoms with Crippen LogP contribution in [0.3, 0.4) is 0 Å². The van der Waals surface area contributed by atoms with E-state index in [-0.39, 0.29) is 0 Å². The van der Waals surface area contributed by atoms with E-state index in [2.05, 4.69) is 70.1 Å². The monoisotopic (exact) mass is 405 g/mol. The van der Waals surface area contributed by atoms with Crippen molar-refractivity contribution in [1.82, 2.24) is 5.32 Å². The van der Waals surface area contributed by atoms with Crippen molar-refractivity contribution in [2.45, 2.75) is 53.1 Å². The van der Waals surface area contributed by atoms with Crippen LogP contribution < -0.4 is 10.1 Å². The van der Waals surface area contributed by atoms with E-state index in [4.69, 9.17) is 4.74 Å². The molecule has 0 radical (unpaired) electrons. The summed E-state index contributed by atoms with van der Waals surface area (Å²) in [4.78, 5) is 0. The number of ether oxygens (including phenoxy) is 1. The molecular weight excluding hydrogens is 382 g/mol. The van der Waals surface area contributed by atoms with Gasteiger partial charge in [-0.1, -0.05) is 20.3 Å². The van der Waals surface area contributed by atoms with Gasteiger partial charge in [-0.2, -0.15) is 0 Å². The Morgan fingerprint density at radius 2 is 1.75 bits per heavy atom. The van der Waals surface area contributed by atoms with Crippen LogP contribution in [0.15, 0.2) is 21.1 Å². The third kappa shape index (κ3) is 5.74. The second-order valence-corrected chi connectivity index (χ2v) is 7.06. The number of benzene rings is 1. The molecule has 0 spiro atoms. The van der Waals surface area contributed by atoms with Gasteiger partial charge in [0, 0.05) is 12.6 Å². The van der Waals surface area contributed by atoms with E-state index in [1.54, 1.807) is 0 Å². The normalized spacial score (nSPS) is 14.1. The first-order valence-corrected chi connectivity index (χ1v) is 8.90. The van der Waals surface area contributed by atoms with E-state index >= 15 is 0 Å². The maximum atomic E-state index is 5.60. The van der Waals surface area contributed by atoms with Crippen molar-refractivity contribution in [2.24, 2.45) is 5.92 Å². The zero-order valence-electron chi connectivity index (χ0n) is 12.8. The van der Waals surface area contributed by atoms with E-state index in [0.717, 1.165) is 27.2 Å². The van der Waals surface area contributed by atoms with Crippen LogP contribution in [0.1, 0.15) is 46.1 Å². The van der Waals surface area contributed by atoms with E-state index in [1.165, 1.54) is 18.4 Å². The maximum Gasteiger partial charge on any atom is 0.147 e. The third-order valence-corrected chi connectivity index (χ3v) is 4.63. The minimum atomic E-state index is 0.536. The molecule has 114 valence electrons. The Morgan fingerprint density at radius 3 is 2.25 bits per heavy atom. The summed E-state index contributed by atoms with van der Waals surface area (Å²) < 4.78 is 7.60. The summed E-state index contributed by atoms with van der Waals surface area (Å²) in [5.74, 6) is 1.65. The molecule has 20 heavy (non-hydrogen) atoms. The van der Waals surface area contributed by atoms with Gasteiger partial charge in [0.05, 0.1) is 15.6 Å². The Kier molecular flexibility index (Phi) is 8.15. The summed E-state index contributed by atoms with van der Waals surface area (Å²) in [7, 11) is 0. The first-order valence-electron chi connectivity index (χ1n) is 7.31. The summed E-state index contributed by atoms with van der Waals surface area (Å²) in [6.07, 6.45) is 2.46. The molecular formula is C16H25Br2NO. The van der Waals surface area contributed by atoms with Crippen LogP contribution in [0.25, 0.3) is 0 Å². The van der Waals surface area contributed by atoms with Crippen LogP contribution in [0, 0.1) is 5.92 Å². The highest BCUT2D eigenvalue weighted by molar-refractivity contribution is 9.11. The van der Waals surface area contributed by atoms with Gasteiger partial charge in [0.1, 0.15) is 5.75 Å². The molecule has 1 N–H and O–H groups in total. The molecule has 2 unspecified atom stereocenters. The first kappa shape index (κ1) is 18.0.